The Kier molecular flexibility index (Phi) is 5.11. The topological polar surface area (TPSA) is 52.9 Å². The highest BCUT2D eigenvalue weighted by Gasteiger charge is 2.15. The number of furan rings is 1. The van der Waals surface area contributed by atoms with Gasteiger partial charge in [0.1, 0.15) is 11.5 Å². The Labute approximate surface area is 124 Å². The lowest BCUT2D eigenvalue weighted by Crippen LogP contribution is -2.13. The Hall–Kier alpha value is -2.14. The Morgan fingerprint density at radius 2 is 1.67 bits per heavy atom. The lowest BCUT2D eigenvalue weighted by molar-refractivity contribution is 0.321. The lowest BCUT2D eigenvalue weighted by Gasteiger charge is -2.15. The molecular formula is C16H21NO4. The molecule has 1 aromatic carbocycles. The van der Waals surface area contributed by atoms with Gasteiger partial charge in [-0.25, -0.2) is 0 Å². The second-order valence-electron chi connectivity index (χ2n) is 4.61. The van der Waals surface area contributed by atoms with Crippen LogP contribution in [0.3, 0.4) is 0 Å². The van der Waals surface area contributed by atoms with Gasteiger partial charge in [0, 0.05) is 12.1 Å². The molecule has 2 aromatic rings. The highest BCUT2D eigenvalue weighted by Crippen LogP contribution is 2.39. The Bertz CT molecular complexity index is 592. The van der Waals surface area contributed by atoms with Gasteiger partial charge < -0.3 is 23.9 Å². The van der Waals surface area contributed by atoms with Gasteiger partial charge >= 0.3 is 0 Å². The normalized spacial score (nSPS) is 10.5. The van der Waals surface area contributed by atoms with Crippen molar-refractivity contribution in [3.8, 4) is 17.2 Å². The fourth-order valence-electron chi connectivity index (χ4n) is 2.20. The first-order valence-electron chi connectivity index (χ1n) is 6.73. The minimum atomic E-state index is 0.605. The van der Waals surface area contributed by atoms with Gasteiger partial charge in [-0.1, -0.05) is 6.07 Å². The zero-order valence-corrected chi connectivity index (χ0v) is 12.9. The summed E-state index contributed by atoms with van der Waals surface area (Å²) < 4.78 is 21.6. The van der Waals surface area contributed by atoms with E-state index in [1.807, 2.05) is 31.2 Å². The second kappa shape index (κ2) is 7.04. The van der Waals surface area contributed by atoms with Crippen LogP contribution in [0.4, 0.5) is 0 Å². The number of nitrogens with one attached hydrogen (secondary N) is 1. The molecule has 21 heavy (non-hydrogen) atoms. The Morgan fingerprint density at radius 1 is 0.905 bits per heavy atom. The average molecular weight is 291 g/mol. The summed E-state index contributed by atoms with van der Waals surface area (Å²) >= 11 is 0. The van der Waals surface area contributed by atoms with Crippen molar-refractivity contribution in [1.29, 1.82) is 0 Å². The van der Waals surface area contributed by atoms with Crippen LogP contribution in [0.2, 0.25) is 0 Å². The Balaban J connectivity index is 2.08. The van der Waals surface area contributed by atoms with Crippen molar-refractivity contribution in [1.82, 2.24) is 5.32 Å². The predicted molar refractivity (Wildman–Crippen MR) is 80.1 cm³/mol. The van der Waals surface area contributed by atoms with Crippen molar-refractivity contribution in [2.75, 3.05) is 21.3 Å². The van der Waals surface area contributed by atoms with E-state index >= 15 is 0 Å². The van der Waals surface area contributed by atoms with Gasteiger partial charge in [-0.2, -0.15) is 0 Å². The van der Waals surface area contributed by atoms with Crippen molar-refractivity contribution in [2.24, 2.45) is 0 Å². The van der Waals surface area contributed by atoms with Crippen molar-refractivity contribution in [3.63, 3.8) is 0 Å². The third kappa shape index (κ3) is 3.49. The van der Waals surface area contributed by atoms with Crippen molar-refractivity contribution >= 4 is 0 Å². The number of benzene rings is 1. The van der Waals surface area contributed by atoms with Crippen LogP contribution in [0.5, 0.6) is 17.2 Å². The maximum atomic E-state index is 5.52. The molecule has 1 N–H and O–H groups in total. The fraction of sp³-hybridized carbons (Fsp3) is 0.375. The van der Waals surface area contributed by atoms with Gasteiger partial charge in [0.2, 0.25) is 5.75 Å². The van der Waals surface area contributed by atoms with Gasteiger partial charge in [0.15, 0.2) is 11.5 Å². The van der Waals surface area contributed by atoms with Gasteiger partial charge in [0.05, 0.1) is 27.9 Å². The third-order valence-electron chi connectivity index (χ3n) is 3.20. The molecule has 0 aliphatic rings. The third-order valence-corrected chi connectivity index (χ3v) is 3.20. The summed E-state index contributed by atoms with van der Waals surface area (Å²) in [6, 6.07) is 7.75. The second-order valence-corrected chi connectivity index (χ2v) is 4.61. The van der Waals surface area contributed by atoms with E-state index in [2.05, 4.69) is 5.32 Å². The molecule has 0 aliphatic heterocycles. The van der Waals surface area contributed by atoms with E-state index in [1.165, 1.54) is 0 Å². The van der Waals surface area contributed by atoms with E-state index in [0.717, 1.165) is 17.1 Å². The average Bonchev–Trinajstić information content (AvgIpc) is 2.91. The van der Waals surface area contributed by atoms with Crippen LogP contribution in [-0.2, 0) is 13.1 Å². The van der Waals surface area contributed by atoms with E-state index in [0.29, 0.717) is 30.3 Å². The van der Waals surface area contributed by atoms with Crippen LogP contribution in [0.15, 0.2) is 28.7 Å². The molecule has 0 radical (unpaired) electrons. The van der Waals surface area contributed by atoms with E-state index < -0.39 is 0 Å². The standard InChI is InChI=1S/C16H21NO4/c1-11-5-7-13(21-11)10-17-9-12-6-8-14(18-2)16(20-4)15(12)19-3/h5-8,17H,9-10H2,1-4H3. The quantitative estimate of drug-likeness (QED) is 0.850. The highest BCUT2D eigenvalue weighted by atomic mass is 16.5. The molecule has 5 nitrogen and oxygen atoms in total. The van der Waals surface area contributed by atoms with E-state index in [9.17, 15) is 0 Å². The lowest BCUT2D eigenvalue weighted by atomic mass is 10.1. The minimum Gasteiger partial charge on any atom is -0.493 e. The first kappa shape index (κ1) is 15.3. The molecule has 0 atom stereocenters. The molecule has 0 aliphatic carbocycles. The van der Waals surface area contributed by atoms with Crippen LogP contribution in [0, 0.1) is 6.92 Å². The zero-order valence-electron chi connectivity index (χ0n) is 12.9. The molecule has 5 heteroatoms. The maximum Gasteiger partial charge on any atom is 0.203 e. The van der Waals surface area contributed by atoms with Crippen LogP contribution in [-0.4, -0.2) is 21.3 Å². The molecule has 0 saturated heterocycles. The molecule has 1 aromatic heterocycles. The molecule has 0 bridgehead atoms. The first-order chi connectivity index (χ1) is 10.2. The summed E-state index contributed by atoms with van der Waals surface area (Å²) in [4.78, 5) is 0. The number of hydrogen-bond acceptors (Lipinski definition) is 5. The maximum absolute atomic E-state index is 5.52. The van der Waals surface area contributed by atoms with Crippen LogP contribution >= 0.6 is 0 Å². The van der Waals surface area contributed by atoms with Gasteiger partial charge in [-0.05, 0) is 25.1 Å². The SMILES string of the molecule is COc1ccc(CNCc2ccc(C)o2)c(OC)c1OC. The first-order valence-corrected chi connectivity index (χ1v) is 6.73. The van der Waals surface area contributed by atoms with E-state index in [4.69, 9.17) is 18.6 Å². The molecule has 0 unspecified atom stereocenters. The van der Waals surface area contributed by atoms with Crippen molar-refractivity contribution in [3.05, 3.63) is 41.3 Å². The Morgan fingerprint density at radius 3 is 2.24 bits per heavy atom. The number of ether oxygens (including phenoxy) is 3. The van der Waals surface area contributed by atoms with Gasteiger partial charge in [-0.15, -0.1) is 0 Å². The van der Waals surface area contributed by atoms with E-state index in [-0.39, 0.29) is 0 Å². The largest absolute Gasteiger partial charge is 0.493 e. The molecule has 114 valence electrons. The smallest absolute Gasteiger partial charge is 0.203 e. The summed E-state index contributed by atoms with van der Waals surface area (Å²) in [5.41, 5.74) is 0.999. The molecule has 2 rings (SSSR count). The van der Waals surface area contributed by atoms with Gasteiger partial charge in [-0.3, -0.25) is 0 Å². The minimum absolute atomic E-state index is 0.605. The number of hydrogen-bond donors (Lipinski definition) is 1. The zero-order chi connectivity index (χ0) is 15.2. The summed E-state index contributed by atoms with van der Waals surface area (Å²) in [5, 5.41) is 3.32. The summed E-state index contributed by atoms with van der Waals surface area (Å²) in [7, 11) is 4.83. The fourth-order valence-corrected chi connectivity index (χ4v) is 2.20. The van der Waals surface area contributed by atoms with E-state index in [1.54, 1.807) is 21.3 Å². The number of rotatable bonds is 7. The summed E-state index contributed by atoms with van der Waals surface area (Å²) in [6.07, 6.45) is 0. The molecule has 0 saturated carbocycles. The summed E-state index contributed by atoms with van der Waals surface area (Å²) in [6.45, 7) is 3.23. The molecule has 0 fully saturated rings. The number of methoxy groups -OCH3 is 3. The number of aryl methyl sites for hydroxylation is 1. The molecular weight excluding hydrogens is 270 g/mol. The van der Waals surface area contributed by atoms with Crippen LogP contribution < -0.4 is 19.5 Å². The highest BCUT2D eigenvalue weighted by molar-refractivity contribution is 5.55. The van der Waals surface area contributed by atoms with Crippen LogP contribution in [0.1, 0.15) is 17.1 Å². The predicted octanol–water partition coefficient (Wildman–Crippen LogP) is 2.90. The monoisotopic (exact) mass is 291 g/mol. The van der Waals surface area contributed by atoms with Crippen molar-refractivity contribution < 1.29 is 18.6 Å². The molecule has 0 amide bonds. The molecule has 1 heterocycles. The molecule has 0 spiro atoms. The summed E-state index contributed by atoms with van der Waals surface area (Å²) in [5.74, 6) is 3.76. The van der Waals surface area contributed by atoms with Gasteiger partial charge in [0.25, 0.3) is 0 Å². The van der Waals surface area contributed by atoms with Crippen LogP contribution in [0.25, 0.3) is 0 Å². The van der Waals surface area contributed by atoms with Crippen molar-refractivity contribution in [2.45, 2.75) is 20.0 Å².